The van der Waals surface area contributed by atoms with Gasteiger partial charge in [-0.3, -0.25) is 19.3 Å². The van der Waals surface area contributed by atoms with Gasteiger partial charge in [-0.2, -0.15) is 5.10 Å². The second kappa shape index (κ2) is 10.0. The highest BCUT2D eigenvalue weighted by Crippen LogP contribution is 2.09. The fraction of sp³-hybridized carbons (Fsp3) is 0.429. The molecule has 1 fully saturated rings. The third-order valence-corrected chi connectivity index (χ3v) is 4.92. The Bertz CT molecular complexity index is 920. The minimum atomic E-state index is -0.282. The van der Waals surface area contributed by atoms with E-state index in [2.05, 4.69) is 5.10 Å². The first-order valence-corrected chi connectivity index (χ1v) is 9.92. The molecule has 2 aromatic rings. The number of benzene rings is 1. The number of likely N-dealkylation sites (N-methyl/N-ethyl adjacent to an activating group) is 1. The largest absolute Gasteiger partial charge is 0.492 e. The van der Waals surface area contributed by atoms with Gasteiger partial charge in [0.2, 0.25) is 5.91 Å². The molecule has 1 aliphatic heterocycles. The molecule has 0 atom stereocenters. The Morgan fingerprint density at radius 2 is 1.73 bits per heavy atom. The van der Waals surface area contributed by atoms with E-state index in [1.807, 2.05) is 35.2 Å². The molecule has 9 nitrogen and oxygen atoms in total. The summed E-state index contributed by atoms with van der Waals surface area (Å²) < 4.78 is 6.86. The van der Waals surface area contributed by atoms with Crippen LogP contribution in [0.25, 0.3) is 0 Å². The van der Waals surface area contributed by atoms with Gasteiger partial charge in [0.05, 0.1) is 13.1 Å². The average Bonchev–Trinajstić information content (AvgIpc) is 2.76. The summed E-state index contributed by atoms with van der Waals surface area (Å²) in [6, 6.07) is 12.1. The maximum Gasteiger partial charge on any atom is 0.274 e. The summed E-state index contributed by atoms with van der Waals surface area (Å²) in [7, 11) is 3.46. The molecule has 1 saturated heterocycles. The molecule has 0 radical (unpaired) electrons. The van der Waals surface area contributed by atoms with E-state index in [9.17, 15) is 14.4 Å². The van der Waals surface area contributed by atoms with Crippen LogP contribution < -0.4 is 10.3 Å². The predicted octanol–water partition coefficient (Wildman–Crippen LogP) is 0.168. The topological polar surface area (TPSA) is 88.0 Å². The maximum atomic E-state index is 12.8. The number of carbonyl (C=O) groups is 2. The zero-order valence-corrected chi connectivity index (χ0v) is 17.4. The molecule has 30 heavy (non-hydrogen) atoms. The number of hydrogen-bond acceptors (Lipinski definition) is 6. The van der Waals surface area contributed by atoms with E-state index in [4.69, 9.17) is 4.74 Å². The lowest BCUT2D eigenvalue weighted by atomic mass is 10.2. The van der Waals surface area contributed by atoms with Gasteiger partial charge in [-0.25, -0.2) is 4.68 Å². The van der Waals surface area contributed by atoms with Crippen LogP contribution >= 0.6 is 0 Å². The molecule has 2 amide bonds. The number of nitrogens with zero attached hydrogens (tertiary/aromatic N) is 5. The number of piperazine rings is 1. The number of ether oxygens (including phenoxy) is 1. The van der Waals surface area contributed by atoms with Crippen LogP contribution in [-0.2, 0) is 11.3 Å². The predicted molar refractivity (Wildman–Crippen MR) is 111 cm³/mol. The molecule has 0 bridgehead atoms. The number of carbonyl (C=O) groups excluding carboxylic acids is 2. The van der Waals surface area contributed by atoms with Crippen molar-refractivity contribution in [3.8, 4) is 5.75 Å². The van der Waals surface area contributed by atoms with Gasteiger partial charge >= 0.3 is 0 Å². The molecular weight excluding hydrogens is 386 g/mol. The van der Waals surface area contributed by atoms with E-state index < -0.39 is 0 Å². The molecule has 0 N–H and O–H groups in total. The third kappa shape index (κ3) is 5.66. The van der Waals surface area contributed by atoms with Gasteiger partial charge in [-0.15, -0.1) is 0 Å². The molecular formula is C21H27N5O4. The normalized spacial score (nSPS) is 14.4. The summed E-state index contributed by atoms with van der Waals surface area (Å²) >= 11 is 0. The molecule has 0 saturated carbocycles. The quantitative estimate of drug-likeness (QED) is 0.643. The fourth-order valence-corrected chi connectivity index (χ4v) is 3.09. The van der Waals surface area contributed by atoms with Gasteiger partial charge < -0.3 is 14.5 Å². The highest BCUT2D eigenvalue weighted by Gasteiger charge is 2.24. The monoisotopic (exact) mass is 413 g/mol. The Morgan fingerprint density at radius 1 is 1.03 bits per heavy atom. The molecule has 3 rings (SSSR count). The van der Waals surface area contributed by atoms with E-state index in [1.54, 1.807) is 23.9 Å². The summed E-state index contributed by atoms with van der Waals surface area (Å²) in [4.78, 5) is 42.0. The number of aromatic nitrogens is 2. The van der Waals surface area contributed by atoms with Crippen molar-refractivity contribution in [3.05, 3.63) is 58.5 Å². The minimum absolute atomic E-state index is 0.0428. The van der Waals surface area contributed by atoms with Crippen LogP contribution in [0.1, 0.15) is 10.5 Å². The highest BCUT2D eigenvalue weighted by molar-refractivity contribution is 5.92. The zero-order chi connectivity index (χ0) is 21.5. The Balaban J connectivity index is 1.55. The zero-order valence-electron chi connectivity index (χ0n) is 17.4. The summed E-state index contributed by atoms with van der Waals surface area (Å²) in [5.41, 5.74) is -0.0534. The fourth-order valence-electron chi connectivity index (χ4n) is 3.09. The number of hydrogen-bond donors (Lipinski definition) is 0. The molecule has 0 unspecified atom stereocenters. The van der Waals surface area contributed by atoms with Crippen molar-refractivity contribution in [1.29, 1.82) is 0 Å². The van der Waals surface area contributed by atoms with Crippen LogP contribution in [0.15, 0.2) is 47.3 Å². The highest BCUT2D eigenvalue weighted by atomic mass is 16.5. The smallest absolute Gasteiger partial charge is 0.274 e. The second-order valence-corrected chi connectivity index (χ2v) is 7.30. The molecule has 0 aliphatic carbocycles. The van der Waals surface area contributed by atoms with Gasteiger partial charge in [-0.1, -0.05) is 18.2 Å². The first-order valence-electron chi connectivity index (χ1n) is 9.92. The van der Waals surface area contributed by atoms with Crippen LogP contribution in [0.5, 0.6) is 5.75 Å². The van der Waals surface area contributed by atoms with E-state index in [0.717, 1.165) is 0 Å². The number of para-hydroxylation sites is 1. The first-order chi connectivity index (χ1) is 14.4. The maximum absolute atomic E-state index is 12.8. The lowest BCUT2D eigenvalue weighted by molar-refractivity contribution is -0.130. The SMILES string of the molecule is CN(C)C(=O)CN1CCN(C(=O)c2ccc(=O)n(CCOc3ccccc3)n2)CC1. The summed E-state index contributed by atoms with van der Waals surface area (Å²) in [6.07, 6.45) is 0. The number of amides is 2. The van der Waals surface area contributed by atoms with Crippen LogP contribution in [0.2, 0.25) is 0 Å². The van der Waals surface area contributed by atoms with Crippen LogP contribution in [0, 0.1) is 0 Å². The Labute approximate surface area is 175 Å². The second-order valence-electron chi connectivity index (χ2n) is 7.30. The van der Waals surface area contributed by atoms with Gasteiger partial charge in [0.1, 0.15) is 18.1 Å². The van der Waals surface area contributed by atoms with Crippen LogP contribution in [0.4, 0.5) is 0 Å². The van der Waals surface area contributed by atoms with Gasteiger partial charge in [0.25, 0.3) is 11.5 Å². The molecule has 0 spiro atoms. The van der Waals surface area contributed by atoms with Crippen molar-refractivity contribution >= 4 is 11.8 Å². The Kier molecular flexibility index (Phi) is 7.18. The molecule has 160 valence electrons. The van der Waals surface area contributed by atoms with Crippen molar-refractivity contribution in [2.75, 3.05) is 53.4 Å². The molecule has 1 aromatic heterocycles. The van der Waals surface area contributed by atoms with E-state index in [-0.39, 0.29) is 36.2 Å². The van der Waals surface area contributed by atoms with Gasteiger partial charge in [-0.05, 0) is 18.2 Å². The van der Waals surface area contributed by atoms with E-state index >= 15 is 0 Å². The lowest BCUT2D eigenvalue weighted by Crippen LogP contribution is -2.51. The lowest BCUT2D eigenvalue weighted by Gasteiger charge is -2.34. The standard InChI is InChI=1S/C21H27N5O4/c1-23(2)20(28)16-24-10-12-25(13-11-24)21(29)18-8-9-19(27)26(22-18)14-15-30-17-6-4-3-5-7-17/h3-9H,10-16H2,1-2H3. The minimum Gasteiger partial charge on any atom is -0.492 e. The summed E-state index contributed by atoms with van der Waals surface area (Å²) in [6.45, 7) is 3.13. The van der Waals surface area contributed by atoms with Crippen molar-refractivity contribution in [2.45, 2.75) is 6.54 Å². The number of rotatable bonds is 7. The molecule has 9 heteroatoms. The molecule has 2 heterocycles. The van der Waals surface area contributed by atoms with Crippen molar-refractivity contribution in [3.63, 3.8) is 0 Å². The van der Waals surface area contributed by atoms with Gasteiger partial charge in [0.15, 0.2) is 0 Å². The molecule has 1 aliphatic rings. The van der Waals surface area contributed by atoms with Crippen LogP contribution in [0.3, 0.4) is 0 Å². The Morgan fingerprint density at radius 3 is 2.40 bits per heavy atom. The third-order valence-electron chi connectivity index (χ3n) is 4.92. The van der Waals surface area contributed by atoms with Crippen molar-refractivity contribution in [1.82, 2.24) is 24.5 Å². The van der Waals surface area contributed by atoms with Gasteiger partial charge in [0, 0.05) is 46.3 Å². The summed E-state index contributed by atoms with van der Waals surface area (Å²) in [5.74, 6) is 0.538. The van der Waals surface area contributed by atoms with Crippen LogP contribution in [-0.4, -0.2) is 89.7 Å². The average molecular weight is 413 g/mol. The first kappa shape index (κ1) is 21.5. The molecule has 1 aromatic carbocycles. The van der Waals surface area contributed by atoms with Crippen molar-refractivity contribution in [2.24, 2.45) is 0 Å². The van der Waals surface area contributed by atoms with E-state index in [0.29, 0.717) is 38.5 Å². The van der Waals surface area contributed by atoms with Crippen molar-refractivity contribution < 1.29 is 14.3 Å². The Hall–Kier alpha value is -3.20. The summed E-state index contributed by atoms with van der Waals surface area (Å²) in [5, 5.41) is 4.23. The van der Waals surface area contributed by atoms with E-state index in [1.165, 1.54) is 16.8 Å².